The fourth-order valence-electron chi connectivity index (χ4n) is 2.89. The highest BCUT2D eigenvalue weighted by Crippen LogP contribution is 2.50. The lowest BCUT2D eigenvalue weighted by Crippen LogP contribution is -2.56. The van der Waals surface area contributed by atoms with Crippen molar-refractivity contribution in [1.29, 1.82) is 0 Å². The van der Waals surface area contributed by atoms with E-state index < -0.39 is 0 Å². The Bertz CT molecular complexity index is 231. The molecule has 15 heavy (non-hydrogen) atoms. The number of carbonyl (C=O) groups is 1. The number of hydrogen-bond donors (Lipinski definition) is 0. The van der Waals surface area contributed by atoms with Crippen LogP contribution in [0.5, 0.6) is 0 Å². The Balaban J connectivity index is 1.87. The first-order valence-corrected chi connectivity index (χ1v) is 5.93. The Labute approximate surface area is 91.1 Å². The maximum absolute atomic E-state index is 11.7. The van der Waals surface area contributed by atoms with Gasteiger partial charge < -0.3 is 9.47 Å². The minimum Gasteiger partial charge on any atom is -0.382 e. The molecule has 2 rings (SSSR count). The van der Waals surface area contributed by atoms with Crippen LogP contribution < -0.4 is 0 Å². The van der Waals surface area contributed by atoms with Crippen molar-refractivity contribution < 1.29 is 14.3 Å². The van der Waals surface area contributed by atoms with Gasteiger partial charge in [0.2, 0.25) is 0 Å². The number of ketones is 1. The second kappa shape index (κ2) is 4.62. The molecule has 0 aromatic carbocycles. The largest absolute Gasteiger partial charge is 0.382 e. The lowest BCUT2D eigenvalue weighted by atomic mass is 9.57. The van der Waals surface area contributed by atoms with Gasteiger partial charge in [-0.05, 0) is 12.8 Å². The molecule has 86 valence electrons. The summed E-state index contributed by atoms with van der Waals surface area (Å²) >= 11 is 0. The van der Waals surface area contributed by atoms with Crippen molar-refractivity contribution in [3.05, 3.63) is 0 Å². The van der Waals surface area contributed by atoms with Crippen molar-refractivity contribution in [2.75, 3.05) is 20.3 Å². The maximum Gasteiger partial charge on any atom is 0.144 e. The Morgan fingerprint density at radius 3 is 2.60 bits per heavy atom. The second-order valence-electron chi connectivity index (χ2n) is 4.70. The van der Waals surface area contributed by atoms with Crippen LogP contribution in [0, 0.1) is 5.41 Å². The van der Waals surface area contributed by atoms with Gasteiger partial charge in [0, 0.05) is 13.5 Å². The van der Waals surface area contributed by atoms with E-state index in [1.54, 1.807) is 7.11 Å². The van der Waals surface area contributed by atoms with E-state index in [4.69, 9.17) is 9.47 Å². The smallest absolute Gasteiger partial charge is 0.144 e. The number of ether oxygens (including phenoxy) is 2. The summed E-state index contributed by atoms with van der Waals surface area (Å²) in [6, 6.07) is 0. The lowest BCUT2D eigenvalue weighted by molar-refractivity contribution is -0.170. The van der Waals surface area contributed by atoms with Crippen LogP contribution in [0.2, 0.25) is 0 Å². The molecule has 1 spiro atoms. The van der Waals surface area contributed by atoms with Crippen LogP contribution in [0.4, 0.5) is 0 Å². The third-order valence-corrected chi connectivity index (χ3v) is 3.89. The topological polar surface area (TPSA) is 35.5 Å². The van der Waals surface area contributed by atoms with Gasteiger partial charge in [0.25, 0.3) is 0 Å². The molecule has 0 bridgehead atoms. The normalized spacial score (nSPS) is 29.1. The van der Waals surface area contributed by atoms with Crippen LogP contribution in [0.25, 0.3) is 0 Å². The zero-order chi connectivity index (χ0) is 10.7. The molecule has 3 nitrogen and oxygen atoms in total. The Morgan fingerprint density at radius 1 is 1.27 bits per heavy atom. The van der Waals surface area contributed by atoms with Crippen molar-refractivity contribution >= 4 is 5.78 Å². The van der Waals surface area contributed by atoms with Gasteiger partial charge in [0.15, 0.2) is 0 Å². The van der Waals surface area contributed by atoms with E-state index in [1.165, 1.54) is 19.3 Å². The highest BCUT2D eigenvalue weighted by molar-refractivity contribution is 5.92. The molecule has 2 aliphatic carbocycles. The van der Waals surface area contributed by atoms with E-state index in [2.05, 4.69) is 0 Å². The first-order chi connectivity index (χ1) is 7.29. The van der Waals surface area contributed by atoms with Crippen LogP contribution in [0.1, 0.15) is 38.5 Å². The first kappa shape index (κ1) is 11.1. The van der Waals surface area contributed by atoms with Crippen molar-refractivity contribution in [3.63, 3.8) is 0 Å². The van der Waals surface area contributed by atoms with Gasteiger partial charge in [0.1, 0.15) is 5.78 Å². The summed E-state index contributed by atoms with van der Waals surface area (Å²) in [5.41, 5.74) is -0.0913. The molecule has 0 N–H and O–H groups in total. The fourth-order valence-corrected chi connectivity index (χ4v) is 2.89. The SMILES string of the molecule is COCCOC1CC(=O)C12CCCCC2. The third-order valence-electron chi connectivity index (χ3n) is 3.89. The summed E-state index contributed by atoms with van der Waals surface area (Å²) in [5, 5.41) is 0. The summed E-state index contributed by atoms with van der Waals surface area (Å²) in [6.45, 7) is 1.25. The molecule has 0 aliphatic heterocycles. The first-order valence-electron chi connectivity index (χ1n) is 5.93. The molecule has 0 saturated heterocycles. The van der Waals surface area contributed by atoms with Gasteiger partial charge in [-0.15, -0.1) is 0 Å². The van der Waals surface area contributed by atoms with Gasteiger partial charge in [-0.1, -0.05) is 19.3 Å². The molecule has 1 atom stereocenters. The van der Waals surface area contributed by atoms with E-state index in [9.17, 15) is 4.79 Å². The van der Waals surface area contributed by atoms with E-state index in [0.717, 1.165) is 12.8 Å². The van der Waals surface area contributed by atoms with Gasteiger partial charge in [-0.25, -0.2) is 0 Å². The van der Waals surface area contributed by atoms with E-state index in [-0.39, 0.29) is 11.5 Å². The monoisotopic (exact) mass is 212 g/mol. The average Bonchev–Trinajstić information content (AvgIpc) is 2.29. The molecule has 0 heterocycles. The molecular weight excluding hydrogens is 192 g/mol. The lowest BCUT2D eigenvalue weighted by Gasteiger charge is -2.49. The van der Waals surface area contributed by atoms with Crippen molar-refractivity contribution in [2.24, 2.45) is 5.41 Å². The van der Waals surface area contributed by atoms with Gasteiger partial charge >= 0.3 is 0 Å². The molecule has 2 aliphatic rings. The van der Waals surface area contributed by atoms with Crippen molar-refractivity contribution in [1.82, 2.24) is 0 Å². The zero-order valence-electron chi connectivity index (χ0n) is 9.46. The van der Waals surface area contributed by atoms with Crippen LogP contribution in [0.3, 0.4) is 0 Å². The van der Waals surface area contributed by atoms with E-state index in [1.807, 2.05) is 0 Å². The minimum absolute atomic E-state index is 0.0913. The predicted octanol–water partition coefficient (Wildman–Crippen LogP) is 1.94. The minimum atomic E-state index is -0.0913. The molecule has 0 radical (unpaired) electrons. The van der Waals surface area contributed by atoms with Crippen LogP contribution in [0.15, 0.2) is 0 Å². The standard InChI is InChI=1S/C12H20O3/c1-14-7-8-15-11-9-10(13)12(11)5-3-2-4-6-12/h11H,2-9H2,1H3. The Hall–Kier alpha value is -0.410. The Morgan fingerprint density at radius 2 is 2.00 bits per heavy atom. The molecular formula is C12H20O3. The summed E-state index contributed by atoms with van der Waals surface area (Å²) in [7, 11) is 1.67. The molecule has 0 amide bonds. The third kappa shape index (κ3) is 1.95. The summed E-state index contributed by atoms with van der Waals surface area (Å²) in [4.78, 5) is 11.7. The van der Waals surface area contributed by atoms with Crippen LogP contribution in [-0.2, 0) is 14.3 Å². The summed E-state index contributed by atoms with van der Waals surface area (Å²) in [6.07, 6.45) is 6.56. The van der Waals surface area contributed by atoms with E-state index >= 15 is 0 Å². The highest BCUT2D eigenvalue weighted by atomic mass is 16.5. The molecule has 2 saturated carbocycles. The summed E-state index contributed by atoms with van der Waals surface area (Å²) in [5.74, 6) is 0.435. The highest BCUT2D eigenvalue weighted by Gasteiger charge is 2.55. The number of hydrogen-bond acceptors (Lipinski definition) is 3. The maximum atomic E-state index is 11.7. The Kier molecular flexibility index (Phi) is 3.42. The number of rotatable bonds is 4. The molecule has 0 aromatic heterocycles. The van der Waals surface area contributed by atoms with Crippen molar-refractivity contribution in [3.8, 4) is 0 Å². The number of carbonyl (C=O) groups excluding carboxylic acids is 1. The summed E-state index contributed by atoms with van der Waals surface area (Å²) < 4.78 is 10.7. The van der Waals surface area contributed by atoms with E-state index in [0.29, 0.717) is 25.4 Å². The van der Waals surface area contributed by atoms with Crippen molar-refractivity contribution in [2.45, 2.75) is 44.6 Å². The number of Topliss-reactive ketones (excluding diaryl/α,β-unsaturated/α-hetero) is 1. The van der Waals surface area contributed by atoms with Crippen LogP contribution in [-0.4, -0.2) is 32.2 Å². The second-order valence-corrected chi connectivity index (χ2v) is 4.70. The van der Waals surface area contributed by atoms with Gasteiger partial charge in [0.05, 0.1) is 24.7 Å². The molecule has 1 unspecified atom stereocenters. The molecule has 2 fully saturated rings. The number of methoxy groups -OCH3 is 1. The zero-order valence-corrected chi connectivity index (χ0v) is 9.46. The average molecular weight is 212 g/mol. The van der Waals surface area contributed by atoms with Gasteiger partial charge in [-0.3, -0.25) is 4.79 Å². The fraction of sp³-hybridized carbons (Fsp3) is 0.917. The van der Waals surface area contributed by atoms with Gasteiger partial charge in [-0.2, -0.15) is 0 Å². The molecule has 0 aromatic rings. The predicted molar refractivity (Wildman–Crippen MR) is 56.8 cm³/mol. The molecule has 3 heteroatoms. The van der Waals surface area contributed by atoms with Crippen LogP contribution >= 0.6 is 0 Å². The quantitative estimate of drug-likeness (QED) is 0.668.